The van der Waals surface area contributed by atoms with Crippen LogP contribution in [-0.2, 0) is 17.9 Å². The zero-order valence-electron chi connectivity index (χ0n) is 15.0. The van der Waals surface area contributed by atoms with Crippen molar-refractivity contribution in [1.82, 2.24) is 19.9 Å². The van der Waals surface area contributed by atoms with E-state index in [-0.39, 0.29) is 6.61 Å². The number of carbonyl (C=O) groups excluding carboxylic acids is 1. The van der Waals surface area contributed by atoms with E-state index in [0.717, 1.165) is 27.9 Å². The van der Waals surface area contributed by atoms with E-state index in [4.69, 9.17) is 9.26 Å². The minimum absolute atomic E-state index is 0.116. The summed E-state index contributed by atoms with van der Waals surface area (Å²) >= 11 is 0. The number of benzene rings is 1. The van der Waals surface area contributed by atoms with Gasteiger partial charge >= 0.3 is 5.97 Å². The van der Waals surface area contributed by atoms with Gasteiger partial charge in [0.1, 0.15) is 12.4 Å². The van der Waals surface area contributed by atoms with Crippen molar-refractivity contribution in [3.63, 3.8) is 0 Å². The van der Waals surface area contributed by atoms with Crippen molar-refractivity contribution in [2.24, 2.45) is 0 Å². The lowest BCUT2D eigenvalue weighted by Crippen LogP contribution is -2.07. The molecule has 0 aliphatic rings. The molecule has 27 heavy (non-hydrogen) atoms. The zero-order chi connectivity index (χ0) is 18.8. The van der Waals surface area contributed by atoms with E-state index in [1.165, 1.54) is 6.20 Å². The van der Waals surface area contributed by atoms with Gasteiger partial charge < -0.3 is 9.26 Å². The molecular formula is C20H18N4O3. The fourth-order valence-electron chi connectivity index (χ4n) is 2.88. The van der Waals surface area contributed by atoms with Gasteiger partial charge in [0.25, 0.3) is 0 Å². The van der Waals surface area contributed by atoms with Crippen LogP contribution in [0.4, 0.5) is 0 Å². The predicted molar refractivity (Wildman–Crippen MR) is 98.2 cm³/mol. The minimum atomic E-state index is -0.444. The topological polar surface area (TPSA) is 83.0 Å². The van der Waals surface area contributed by atoms with Gasteiger partial charge in [-0.1, -0.05) is 35.5 Å². The quantitative estimate of drug-likeness (QED) is 0.506. The van der Waals surface area contributed by atoms with Gasteiger partial charge in [0.15, 0.2) is 5.65 Å². The lowest BCUT2D eigenvalue weighted by molar-refractivity contribution is 0.0470. The van der Waals surface area contributed by atoms with E-state index in [2.05, 4.69) is 15.2 Å². The summed E-state index contributed by atoms with van der Waals surface area (Å²) < 4.78 is 12.3. The summed E-state index contributed by atoms with van der Waals surface area (Å²) in [6, 6.07) is 11.8. The summed E-state index contributed by atoms with van der Waals surface area (Å²) in [6.07, 6.45) is 3.22. The second-order valence-corrected chi connectivity index (χ2v) is 6.30. The van der Waals surface area contributed by atoms with Crippen LogP contribution in [-0.4, -0.2) is 25.9 Å². The summed E-state index contributed by atoms with van der Waals surface area (Å²) in [4.78, 5) is 16.8. The third kappa shape index (κ3) is 3.44. The molecule has 1 aromatic carbocycles. The normalized spacial score (nSPS) is 11.0. The number of aromatic nitrogens is 4. The molecule has 0 bridgehead atoms. The van der Waals surface area contributed by atoms with E-state index in [0.29, 0.717) is 17.9 Å². The molecule has 3 aromatic heterocycles. The van der Waals surface area contributed by atoms with Gasteiger partial charge in [-0.15, -0.1) is 0 Å². The second-order valence-electron chi connectivity index (χ2n) is 6.30. The first-order valence-electron chi connectivity index (χ1n) is 8.56. The Morgan fingerprint density at radius 1 is 1.19 bits per heavy atom. The number of hydrogen-bond acceptors (Lipinski definition) is 6. The van der Waals surface area contributed by atoms with Gasteiger partial charge in [0.2, 0.25) is 0 Å². The first-order chi connectivity index (χ1) is 13.1. The molecule has 0 aliphatic carbocycles. The van der Waals surface area contributed by atoms with Crippen LogP contribution in [0.2, 0.25) is 0 Å². The van der Waals surface area contributed by atoms with E-state index in [9.17, 15) is 4.79 Å². The van der Waals surface area contributed by atoms with Gasteiger partial charge in [-0.25, -0.2) is 14.5 Å². The van der Waals surface area contributed by atoms with Crippen LogP contribution in [0.15, 0.2) is 53.3 Å². The van der Waals surface area contributed by atoms with Crippen molar-refractivity contribution in [1.29, 1.82) is 0 Å². The Balaban J connectivity index is 1.51. The molecule has 7 heteroatoms. The summed E-state index contributed by atoms with van der Waals surface area (Å²) in [6.45, 7) is 4.34. The molecule has 3 heterocycles. The Morgan fingerprint density at radius 2 is 2.00 bits per heavy atom. The molecule has 0 atom stereocenters. The molecule has 4 aromatic rings. The van der Waals surface area contributed by atoms with Crippen molar-refractivity contribution < 1.29 is 14.1 Å². The molecule has 0 amide bonds. The van der Waals surface area contributed by atoms with Gasteiger partial charge in [-0.3, -0.25) is 0 Å². The van der Waals surface area contributed by atoms with Crippen molar-refractivity contribution >= 4 is 17.0 Å². The number of ether oxygens (including phenoxy) is 1. The highest BCUT2D eigenvalue weighted by Gasteiger charge is 2.15. The van der Waals surface area contributed by atoms with Gasteiger partial charge in [-0.2, -0.15) is 5.10 Å². The van der Waals surface area contributed by atoms with E-state index in [1.807, 2.05) is 41.9 Å². The van der Waals surface area contributed by atoms with Crippen molar-refractivity contribution in [2.75, 3.05) is 0 Å². The Morgan fingerprint density at radius 3 is 2.74 bits per heavy atom. The fraction of sp³-hybridized carbons (Fsp3) is 0.200. The number of aryl methyl sites for hydroxylation is 2. The van der Waals surface area contributed by atoms with Crippen molar-refractivity contribution in [3.8, 4) is 0 Å². The van der Waals surface area contributed by atoms with Gasteiger partial charge in [0, 0.05) is 11.6 Å². The maximum atomic E-state index is 12.4. The largest absolute Gasteiger partial charge is 0.457 e. The third-order valence-electron chi connectivity index (χ3n) is 4.42. The number of pyridine rings is 1. The molecule has 0 unspecified atom stereocenters. The number of hydrogen-bond donors (Lipinski definition) is 0. The first kappa shape index (κ1) is 17.0. The van der Waals surface area contributed by atoms with Gasteiger partial charge in [0.05, 0.1) is 29.6 Å². The SMILES string of the molecule is Cc1noc(C)c1COC(=O)c1cnc2c(cnn2Cc2ccccc2)c1. The number of fused-ring (bicyclic) bond motifs is 1. The molecule has 7 nitrogen and oxygen atoms in total. The van der Waals surface area contributed by atoms with Crippen LogP contribution in [0, 0.1) is 13.8 Å². The van der Waals surface area contributed by atoms with Crippen LogP contribution in [0.3, 0.4) is 0 Å². The number of nitrogens with zero attached hydrogens (tertiary/aromatic N) is 4. The number of carbonyl (C=O) groups is 1. The Bertz CT molecular complexity index is 1080. The average molecular weight is 362 g/mol. The molecule has 0 N–H and O–H groups in total. The average Bonchev–Trinajstić information content (AvgIpc) is 3.23. The molecular weight excluding hydrogens is 344 g/mol. The summed E-state index contributed by atoms with van der Waals surface area (Å²) in [5, 5.41) is 9.03. The highest BCUT2D eigenvalue weighted by atomic mass is 16.5. The van der Waals surface area contributed by atoms with Crippen LogP contribution in [0.5, 0.6) is 0 Å². The molecule has 0 spiro atoms. The zero-order valence-corrected chi connectivity index (χ0v) is 15.0. The molecule has 0 fully saturated rings. The standard InChI is InChI=1S/C20H18N4O3/c1-13-18(14(2)27-23-13)12-26-20(25)17-8-16-10-22-24(19(16)21-9-17)11-15-6-4-3-5-7-15/h3-10H,11-12H2,1-2H3. The van der Waals surface area contributed by atoms with E-state index >= 15 is 0 Å². The Labute approximate surface area is 155 Å². The predicted octanol–water partition coefficient (Wildman–Crippen LogP) is 3.44. The smallest absolute Gasteiger partial charge is 0.340 e. The third-order valence-corrected chi connectivity index (χ3v) is 4.42. The highest BCUT2D eigenvalue weighted by molar-refractivity contribution is 5.92. The van der Waals surface area contributed by atoms with E-state index in [1.54, 1.807) is 19.2 Å². The van der Waals surface area contributed by atoms with Crippen molar-refractivity contribution in [3.05, 3.63) is 76.9 Å². The summed E-state index contributed by atoms with van der Waals surface area (Å²) in [7, 11) is 0. The second kappa shape index (κ2) is 7.03. The van der Waals surface area contributed by atoms with E-state index < -0.39 is 5.97 Å². The number of esters is 1. The summed E-state index contributed by atoms with van der Waals surface area (Å²) in [5.41, 5.74) is 3.74. The molecule has 136 valence electrons. The molecule has 0 saturated carbocycles. The van der Waals surface area contributed by atoms with Crippen LogP contribution in [0.25, 0.3) is 11.0 Å². The summed E-state index contributed by atoms with van der Waals surface area (Å²) in [5.74, 6) is 0.205. The maximum absolute atomic E-state index is 12.4. The van der Waals surface area contributed by atoms with Crippen LogP contribution < -0.4 is 0 Å². The first-order valence-corrected chi connectivity index (χ1v) is 8.56. The lowest BCUT2D eigenvalue weighted by atomic mass is 10.2. The Kier molecular flexibility index (Phi) is 4.42. The van der Waals surface area contributed by atoms with Gasteiger partial charge in [-0.05, 0) is 25.5 Å². The molecule has 0 aliphatic heterocycles. The maximum Gasteiger partial charge on any atom is 0.340 e. The molecule has 4 rings (SSSR count). The lowest BCUT2D eigenvalue weighted by Gasteiger charge is -2.05. The molecule has 0 saturated heterocycles. The number of rotatable bonds is 5. The molecule has 0 radical (unpaired) electrons. The minimum Gasteiger partial charge on any atom is -0.457 e. The van der Waals surface area contributed by atoms with Crippen LogP contribution >= 0.6 is 0 Å². The van der Waals surface area contributed by atoms with Crippen LogP contribution in [0.1, 0.15) is 32.9 Å². The fourth-order valence-corrected chi connectivity index (χ4v) is 2.88. The monoisotopic (exact) mass is 362 g/mol. The van der Waals surface area contributed by atoms with Crippen molar-refractivity contribution in [2.45, 2.75) is 27.0 Å². The highest BCUT2D eigenvalue weighted by Crippen LogP contribution is 2.17. The Hall–Kier alpha value is -3.48.